The Morgan fingerprint density at radius 1 is 1.05 bits per heavy atom. The highest BCUT2D eigenvalue weighted by atomic mass is 16.8. The molecule has 0 spiro atoms. The van der Waals surface area contributed by atoms with Gasteiger partial charge in [0.05, 0.1) is 18.6 Å². The number of benzene rings is 3. The number of aromatic nitrogens is 2. The summed E-state index contributed by atoms with van der Waals surface area (Å²) in [7, 11) is 0. The number of aromatic amines is 1. The molecule has 2 aliphatic heterocycles. The van der Waals surface area contributed by atoms with Crippen LogP contribution in [0.5, 0.6) is 17.2 Å². The third-order valence-electron chi connectivity index (χ3n) is 11.3. The van der Waals surface area contributed by atoms with E-state index < -0.39 is 77.7 Å². The van der Waals surface area contributed by atoms with Crippen molar-refractivity contribution in [2.24, 2.45) is 5.73 Å². The lowest BCUT2D eigenvalue weighted by atomic mass is 9.68. The summed E-state index contributed by atoms with van der Waals surface area (Å²) in [5.41, 5.74) is 9.10. The van der Waals surface area contributed by atoms with Gasteiger partial charge in [0.1, 0.15) is 30.1 Å². The number of phenols is 2. The molecule has 3 aromatic carbocycles. The second-order valence-electron chi connectivity index (χ2n) is 14.7. The number of nitrogens with one attached hydrogen (secondary N) is 1. The predicted molar refractivity (Wildman–Crippen MR) is 198 cm³/mol. The van der Waals surface area contributed by atoms with Crippen molar-refractivity contribution < 1.29 is 59.9 Å². The van der Waals surface area contributed by atoms with Gasteiger partial charge in [0.25, 0.3) is 5.91 Å². The monoisotopic (exact) mass is 772 g/mol. The third-order valence-corrected chi connectivity index (χ3v) is 11.3. The maximum Gasteiger partial charge on any atom is 0.355 e. The quantitative estimate of drug-likeness (QED) is 0.0762. The minimum atomic E-state index is -3.11. The molecule has 4 aromatic rings. The maximum absolute atomic E-state index is 14.3. The molecule has 3 heterocycles. The molecule has 16 heteroatoms. The zero-order chi connectivity index (χ0) is 39.9. The fraction of sp³-hybridized carbons (Fsp3) is 0.375. The van der Waals surface area contributed by atoms with Crippen LogP contribution in [-0.4, -0.2) is 112 Å². The Labute approximate surface area is 320 Å². The van der Waals surface area contributed by atoms with Crippen LogP contribution in [0.15, 0.2) is 79.3 Å². The summed E-state index contributed by atoms with van der Waals surface area (Å²) in [5, 5.41) is 84.9. The maximum atomic E-state index is 14.3. The van der Waals surface area contributed by atoms with Gasteiger partial charge >= 0.3 is 11.9 Å². The van der Waals surface area contributed by atoms with E-state index in [1.165, 1.54) is 30.6 Å². The van der Waals surface area contributed by atoms with Gasteiger partial charge < -0.3 is 61.0 Å². The van der Waals surface area contributed by atoms with Crippen LogP contribution >= 0.6 is 0 Å². The van der Waals surface area contributed by atoms with Crippen LogP contribution in [0.4, 0.5) is 5.69 Å². The van der Waals surface area contributed by atoms with Gasteiger partial charge in [-0.05, 0) is 60.2 Å². The van der Waals surface area contributed by atoms with Crippen LogP contribution in [0.3, 0.4) is 0 Å². The zero-order valence-corrected chi connectivity index (χ0v) is 30.0. The first-order valence-corrected chi connectivity index (χ1v) is 18.2. The summed E-state index contributed by atoms with van der Waals surface area (Å²) >= 11 is 0. The first kappa shape index (κ1) is 38.9. The van der Waals surface area contributed by atoms with Gasteiger partial charge in [-0.1, -0.05) is 42.8 Å². The fourth-order valence-corrected chi connectivity index (χ4v) is 8.46. The number of anilines is 1. The number of carbonyl (C=O) groups is 2. The van der Waals surface area contributed by atoms with Crippen molar-refractivity contribution in [2.45, 2.75) is 85.9 Å². The Hall–Kier alpha value is -5.33. The summed E-state index contributed by atoms with van der Waals surface area (Å²) in [4.78, 5) is 35.7. The minimum absolute atomic E-state index is 0.00143. The number of ether oxygens (including phenoxy) is 2. The number of hydrogen-bond acceptors (Lipinski definition) is 13. The molecule has 16 nitrogen and oxygen atoms in total. The van der Waals surface area contributed by atoms with Crippen molar-refractivity contribution in [3.63, 3.8) is 0 Å². The molecule has 0 bridgehead atoms. The average molecular weight is 773 g/mol. The Morgan fingerprint density at radius 3 is 2.48 bits per heavy atom. The smallest absolute Gasteiger partial charge is 0.355 e. The molecule has 56 heavy (non-hydrogen) atoms. The fourth-order valence-electron chi connectivity index (χ4n) is 8.46. The van der Waals surface area contributed by atoms with E-state index in [1.807, 2.05) is 30.3 Å². The number of aromatic hydroxyl groups is 2. The summed E-state index contributed by atoms with van der Waals surface area (Å²) in [6, 6.07) is 14.7. The van der Waals surface area contributed by atoms with E-state index in [9.17, 15) is 50.4 Å². The lowest BCUT2D eigenvalue weighted by Crippen LogP contribution is -2.67. The van der Waals surface area contributed by atoms with Gasteiger partial charge in [-0.15, -0.1) is 0 Å². The molecule has 2 fully saturated rings. The number of nitrogens with two attached hydrogens (primary N) is 1. The van der Waals surface area contributed by atoms with Crippen molar-refractivity contribution in [3.8, 4) is 17.2 Å². The molecule has 11 N–H and O–H groups in total. The summed E-state index contributed by atoms with van der Waals surface area (Å²) < 4.78 is 10.8. The summed E-state index contributed by atoms with van der Waals surface area (Å²) in [6.07, 6.45) is 0.620. The number of amides is 1. The molecule has 0 radical (unpaired) electrons. The van der Waals surface area contributed by atoms with Crippen LogP contribution in [0.1, 0.15) is 59.5 Å². The highest BCUT2D eigenvalue weighted by Gasteiger charge is 2.56. The molecule has 7 rings (SSSR count). The molecule has 1 aromatic heterocycles. The van der Waals surface area contributed by atoms with Gasteiger partial charge in [0.2, 0.25) is 0 Å². The van der Waals surface area contributed by atoms with Gasteiger partial charge in [-0.3, -0.25) is 9.69 Å². The molecular weight excluding hydrogens is 728 g/mol. The molecule has 1 saturated heterocycles. The summed E-state index contributed by atoms with van der Waals surface area (Å²) in [5.74, 6) is -7.33. The van der Waals surface area contributed by atoms with E-state index >= 15 is 0 Å². The van der Waals surface area contributed by atoms with E-state index in [0.717, 1.165) is 28.6 Å². The van der Waals surface area contributed by atoms with Crippen LogP contribution in [0.25, 0.3) is 6.08 Å². The number of carboxylic acids is 1. The Bertz CT molecular complexity index is 2100. The van der Waals surface area contributed by atoms with Crippen LogP contribution in [0.2, 0.25) is 0 Å². The lowest BCUT2D eigenvalue weighted by Gasteiger charge is -2.44. The Morgan fingerprint density at radius 2 is 1.82 bits per heavy atom. The lowest BCUT2D eigenvalue weighted by molar-refractivity contribution is -0.422. The number of imidazole rings is 1. The molecular formula is C40H44N4O12. The zero-order valence-electron chi connectivity index (χ0n) is 30.0. The van der Waals surface area contributed by atoms with Gasteiger partial charge in [0.15, 0.2) is 17.6 Å². The molecule has 1 amide bonds. The van der Waals surface area contributed by atoms with Gasteiger partial charge in [-0.25, -0.2) is 9.78 Å². The molecule has 296 valence electrons. The number of rotatable bonds is 11. The third kappa shape index (κ3) is 7.00. The number of carboxylic acid groups (broad SMARTS) is 1. The largest absolute Gasteiger partial charge is 0.508 e. The second-order valence-corrected chi connectivity index (χ2v) is 14.7. The van der Waals surface area contributed by atoms with Crippen LogP contribution in [0, 0.1) is 0 Å². The topological polar surface area (TPSA) is 272 Å². The first-order chi connectivity index (χ1) is 26.8. The predicted octanol–water partition coefficient (Wildman–Crippen LogP) is 1.35. The summed E-state index contributed by atoms with van der Waals surface area (Å²) in [6.45, 7) is -0.889. The van der Waals surface area contributed by atoms with Crippen molar-refractivity contribution >= 4 is 23.6 Å². The van der Waals surface area contributed by atoms with Crippen molar-refractivity contribution in [2.75, 3.05) is 11.5 Å². The highest BCUT2D eigenvalue weighted by molar-refractivity contribution is 6.10. The van der Waals surface area contributed by atoms with Gasteiger partial charge in [-0.2, -0.15) is 0 Å². The van der Waals surface area contributed by atoms with Crippen LogP contribution in [-0.2, 0) is 26.2 Å². The van der Waals surface area contributed by atoms with Crippen molar-refractivity contribution in [1.82, 2.24) is 9.97 Å². The minimum Gasteiger partial charge on any atom is -0.508 e. The Balaban J connectivity index is 1.30. The molecule has 0 unspecified atom stereocenters. The number of hydrogen-bond donors (Lipinski definition) is 10. The number of H-pyrrole nitrogens is 1. The number of phenolic OH excluding ortho intramolecular Hbond substituents is 2. The normalized spacial score (nSPS) is 30.1. The first-order valence-electron chi connectivity index (χ1n) is 18.2. The number of aliphatic carboxylic acids is 1. The van der Waals surface area contributed by atoms with Crippen molar-refractivity contribution in [1.29, 1.82) is 0 Å². The van der Waals surface area contributed by atoms with Crippen LogP contribution < -0.4 is 15.4 Å². The molecule has 1 saturated carbocycles. The number of aliphatic hydroxyl groups is 5. The number of nitrogens with zero attached hydrogens (tertiary/aromatic N) is 2. The number of fused-ring (bicyclic) bond motifs is 1. The Kier molecular flexibility index (Phi) is 10.6. The molecule has 9 atom stereocenters. The number of carbonyl (C=O) groups excluding carboxylic acids is 1. The van der Waals surface area contributed by atoms with Gasteiger partial charge in [0, 0.05) is 53.4 Å². The molecule has 1 aliphatic carbocycles. The molecule has 3 aliphatic rings. The van der Waals surface area contributed by atoms with E-state index in [2.05, 4.69) is 9.97 Å². The second kappa shape index (κ2) is 15.3. The van der Waals surface area contributed by atoms with Crippen molar-refractivity contribution in [3.05, 3.63) is 107 Å². The number of aliphatic hydroxyl groups excluding tert-OH is 4. The standard InChI is InChI=1S/C40H44N4O12/c41-32-7-4-12-39(32,23-5-2-1-3-6-23)17-26-25-15-29(47)30(55-40(54)37(51)36(50)35(49)31(19-45)56-40)16-27(25)44(34(26)38(52)53)33(48)11-9-21-8-10-28(46)22(13-21)14-24-18-42-20-43-24/h1-3,5-6,8-11,13,15-16,18,20,26,31-32,34-37,45-47,49-51,54H,4,7,12,14,17,19,41H2,(H,42,43)(H,52,53)/b11-9+/t26-,31-,32-,34-,35-,36+,37-,39+,40+/m1/s1. The van der Waals surface area contributed by atoms with E-state index in [4.69, 9.17) is 15.2 Å². The van der Waals surface area contributed by atoms with E-state index in [0.29, 0.717) is 30.4 Å². The van der Waals surface area contributed by atoms with E-state index in [1.54, 1.807) is 18.3 Å². The highest BCUT2D eigenvalue weighted by Crippen LogP contribution is 2.54. The van der Waals surface area contributed by atoms with E-state index in [-0.39, 0.29) is 29.5 Å². The SMILES string of the molecule is N[C@@H]1CCC[C@]1(C[C@@H]1c2cc(O)c(O[C@]3(O)O[C@H](CO)[C@@H](O)[C@H](O)[C@H]3O)cc2N(C(=O)/C=C/c2ccc(O)c(Cc3cnc[nH]3)c2)[C@H]1C(=O)O)c1ccccc1. The average Bonchev–Trinajstić information content (AvgIpc) is 3.91.